The molecule has 0 aliphatic carbocycles. The van der Waals surface area contributed by atoms with Crippen molar-refractivity contribution in [1.82, 2.24) is 9.13 Å². The fourth-order valence-electron chi connectivity index (χ4n) is 6.88. The molecule has 0 amide bonds. The SMILES string of the molecule is c1ccc(Cn2c(-c3ccccc3)cc(-c3cc(-c4ccccc4)n(Cc4ccccc4)c3-c3ccccc3)c2-c2ccccc2)cc1. The predicted octanol–water partition coefficient (Wildman–Crippen LogP) is 11.7. The van der Waals surface area contributed by atoms with E-state index in [1.165, 1.54) is 67.3 Å². The third-order valence-electron chi connectivity index (χ3n) is 9.08. The summed E-state index contributed by atoms with van der Waals surface area (Å²) in [6, 6.07) is 69.9. The van der Waals surface area contributed by atoms with Gasteiger partial charge in [0.2, 0.25) is 0 Å². The lowest BCUT2D eigenvalue weighted by molar-refractivity contribution is 0.820. The van der Waals surface area contributed by atoms with Crippen molar-refractivity contribution in [2.45, 2.75) is 13.1 Å². The molecule has 2 heterocycles. The first-order chi connectivity index (χ1) is 23.8. The average molecular weight is 617 g/mol. The Hall–Kier alpha value is -6.12. The molecule has 2 aromatic heterocycles. The van der Waals surface area contributed by atoms with Gasteiger partial charge in [-0.2, -0.15) is 0 Å². The summed E-state index contributed by atoms with van der Waals surface area (Å²) in [6.45, 7) is 1.51. The van der Waals surface area contributed by atoms with Gasteiger partial charge in [0, 0.05) is 35.6 Å². The number of nitrogens with zero attached hydrogens (tertiary/aromatic N) is 2. The van der Waals surface area contributed by atoms with Gasteiger partial charge in [0.25, 0.3) is 0 Å². The molecule has 0 bridgehead atoms. The van der Waals surface area contributed by atoms with Crippen molar-refractivity contribution in [2.24, 2.45) is 0 Å². The Morgan fingerprint density at radius 3 is 0.875 bits per heavy atom. The standard InChI is InChI=1S/C46H36N2/c1-7-19-35(20-8-1)33-47-43(37-23-11-3-12-24-37)31-41(45(47)39-27-15-5-16-28-39)42-32-44(38-25-13-4-14-26-38)48(34-36-21-9-2-10-22-36)46(42)40-29-17-6-18-30-40/h1-32H,33-34H2. The molecule has 8 aromatic rings. The Kier molecular flexibility index (Phi) is 8.13. The fourth-order valence-corrected chi connectivity index (χ4v) is 6.88. The van der Waals surface area contributed by atoms with Gasteiger partial charge in [0.15, 0.2) is 0 Å². The minimum atomic E-state index is 0.756. The molecule has 0 atom stereocenters. The zero-order valence-electron chi connectivity index (χ0n) is 26.8. The van der Waals surface area contributed by atoms with Crippen LogP contribution >= 0.6 is 0 Å². The zero-order chi connectivity index (χ0) is 32.1. The third kappa shape index (κ3) is 5.81. The fraction of sp³-hybridized carbons (Fsp3) is 0.0435. The molecule has 2 heteroatoms. The minimum Gasteiger partial charge on any atom is -0.335 e. The first-order valence-corrected chi connectivity index (χ1v) is 16.6. The first kappa shape index (κ1) is 29.3. The van der Waals surface area contributed by atoms with Crippen molar-refractivity contribution in [3.05, 3.63) is 205 Å². The molecule has 6 aromatic carbocycles. The molecule has 0 aliphatic rings. The number of hydrogen-bond donors (Lipinski definition) is 0. The number of aromatic nitrogens is 2. The second kappa shape index (κ2) is 13.3. The molecular formula is C46H36N2. The lowest BCUT2D eigenvalue weighted by Crippen LogP contribution is -2.05. The third-order valence-corrected chi connectivity index (χ3v) is 9.08. The highest BCUT2D eigenvalue weighted by molar-refractivity contribution is 5.95. The monoisotopic (exact) mass is 616 g/mol. The summed E-state index contributed by atoms with van der Waals surface area (Å²) in [6.07, 6.45) is 0. The van der Waals surface area contributed by atoms with Crippen LogP contribution in [-0.2, 0) is 13.1 Å². The quantitative estimate of drug-likeness (QED) is 0.153. The number of hydrogen-bond acceptors (Lipinski definition) is 0. The van der Waals surface area contributed by atoms with Crippen molar-refractivity contribution >= 4 is 0 Å². The van der Waals surface area contributed by atoms with Crippen LogP contribution in [0.25, 0.3) is 56.2 Å². The van der Waals surface area contributed by atoms with E-state index in [9.17, 15) is 0 Å². The highest BCUT2D eigenvalue weighted by Crippen LogP contribution is 2.46. The van der Waals surface area contributed by atoms with Gasteiger partial charge in [-0.3, -0.25) is 0 Å². The van der Waals surface area contributed by atoms with E-state index >= 15 is 0 Å². The second-order valence-electron chi connectivity index (χ2n) is 12.2. The maximum atomic E-state index is 2.51. The smallest absolute Gasteiger partial charge is 0.0568 e. The van der Waals surface area contributed by atoms with Crippen LogP contribution in [0, 0.1) is 0 Å². The predicted molar refractivity (Wildman–Crippen MR) is 201 cm³/mol. The topological polar surface area (TPSA) is 9.86 Å². The van der Waals surface area contributed by atoms with Crippen molar-refractivity contribution in [3.63, 3.8) is 0 Å². The lowest BCUT2D eigenvalue weighted by Gasteiger charge is -2.17. The van der Waals surface area contributed by atoms with Crippen molar-refractivity contribution in [2.75, 3.05) is 0 Å². The van der Waals surface area contributed by atoms with Gasteiger partial charge in [0.05, 0.1) is 11.4 Å². The molecule has 0 N–H and O–H groups in total. The largest absolute Gasteiger partial charge is 0.335 e. The van der Waals surface area contributed by atoms with E-state index in [0.29, 0.717) is 0 Å². The Labute approximate surface area is 282 Å². The van der Waals surface area contributed by atoms with Crippen LogP contribution in [0.5, 0.6) is 0 Å². The van der Waals surface area contributed by atoms with E-state index < -0.39 is 0 Å². The Bertz CT molecular complexity index is 2070. The molecule has 0 spiro atoms. The summed E-state index contributed by atoms with van der Waals surface area (Å²) in [7, 11) is 0. The summed E-state index contributed by atoms with van der Waals surface area (Å²) in [5, 5.41) is 0. The molecule has 0 saturated heterocycles. The Balaban J connectivity index is 1.47. The van der Waals surface area contributed by atoms with Gasteiger partial charge in [-0.05, 0) is 45.5 Å². The highest BCUT2D eigenvalue weighted by atomic mass is 15.0. The average Bonchev–Trinajstić information content (AvgIpc) is 3.72. The number of rotatable bonds is 9. The molecule has 0 saturated carbocycles. The lowest BCUT2D eigenvalue weighted by atomic mass is 9.97. The van der Waals surface area contributed by atoms with Crippen molar-refractivity contribution in [1.29, 1.82) is 0 Å². The number of benzene rings is 6. The molecule has 48 heavy (non-hydrogen) atoms. The summed E-state index contributed by atoms with van der Waals surface area (Å²) >= 11 is 0. The first-order valence-electron chi connectivity index (χ1n) is 16.6. The van der Waals surface area contributed by atoms with E-state index in [2.05, 4.69) is 203 Å². The molecular weight excluding hydrogens is 581 g/mol. The van der Waals surface area contributed by atoms with E-state index in [4.69, 9.17) is 0 Å². The normalized spacial score (nSPS) is 11.1. The summed E-state index contributed by atoms with van der Waals surface area (Å²) in [4.78, 5) is 0. The Morgan fingerprint density at radius 1 is 0.292 bits per heavy atom. The summed E-state index contributed by atoms with van der Waals surface area (Å²) < 4.78 is 5.03. The van der Waals surface area contributed by atoms with E-state index in [1.807, 2.05) is 0 Å². The van der Waals surface area contributed by atoms with Crippen LogP contribution in [0.2, 0.25) is 0 Å². The summed E-state index contributed by atoms with van der Waals surface area (Å²) in [5.74, 6) is 0. The Morgan fingerprint density at radius 2 is 0.562 bits per heavy atom. The van der Waals surface area contributed by atoms with Crippen LogP contribution < -0.4 is 0 Å². The van der Waals surface area contributed by atoms with Gasteiger partial charge < -0.3 is 9.13 Å². The van der Waals surface area contributed by atoms with E-state index in [0.717, 1.165) is 13.1 Å². The molecule has 0 aliphatic heterocycles. The minimum absolute atomic E-state index is 0.756. The van der Waals surface area contributed by atoms with Crippen molar-refractivity contribution < 1.29 is 0 Å². The van der Waals surface area contributed by atoms with E-state index in [1.54, 1.807) is 0 Å². The summed E-state index contributed by atoms with van der Waals surface area (Å²) in [5.41, 5.74) is 14.6. The van der Waals surface area contributed by atoms with Crippen LogP contribution in [0.1, 0.15) is 11.1 Å². The van der Waals surface area contributed by atoms with Crippen LogP contribution in [0.3, 0.4) is 0 Å². The van der Waals surface area contributed by atoms with Gasteiger partial charge in [-0.1, -0.05) is 182 Å². The molecule has 0 fully saturated rings. The van der Waals surface area contributed by atoms with Gasteiger partial charge in [-0.25, -0.2) is 0 Å². The van der Waals surface area contributed by atoms with Gasteiger partial charge >= 0.3 is 0 Å². The zero-order valence-corrected chi connectivity index (χ0v) is 26.8. The van der Waals surface area contributed by atoms with Gasteiger partial charge in [0.1, 0.15) is 0 Å². The second-order valence-corrected chi connectivity index (χ2v) is 12.2. The highest BCUT2D eigenvalue weighted by Gasteiger charge is 2.26. The molecule has 0 unspecified atom stereocenters. The van der Waals surface area contributed by atoms with Crippen LogP contribution in [-0.4, -0.2) is 9.13 Å². The van der Waals surface area contributed by atoms with Gasteiger partial charge in [-0.15, -0.1) is 0 Å². The molecule has 2 nitrogen and oxygen atoms in total. The molecule has 230 valence electrons. The van der Waals surface area contributed by atoms with Crippen LogP contribution in [0.4, 0.5) is 0 Å². The maximum absolute atomic E-state index is 2.51. The van der Waals surface area contributed by atoms with Crippen molar-refractivity contribution in [3.8, 4) is 56.2 Å². The molecule has 8 rings (SSSR count). The van der Waals surface area contributed by atoms with Crippen LogP contribution in [0.15, 0.2) is 194 Å². The maximum Gasteiger partial charge on any atom is 0.0568 e. The van der Waals surface area contributed by atoms with E-state index in [-0.39, 0.29) is 0 Å². The molecule has 0 radical (unpaired) electrons.